The van der Waals surface area contributed by atoms with Crippen LogP contribution < -0.4 is 15.4 Å². The molecular weight excluding hydrogens is 476 g/mol. The van der Waals surface area contributed by atoms with E-state index in [2.05, 4.69) is 25.8 Å². The molecule has 4 rings (SSSR count). The summed E-state index contributed by atoms with van der Waals surface area (Å²) in [6.45, 7) is 4.08. The molecule has 1 amide bonds. The van der Waals surface area contributed by atoms with E-state index < -0.39 is 23.0 Å². The van der Waals surface area contributed by atoms with Gasteiger partial charge in [-0.15, -0.1) is 5.10 Å². The topological polar surface area (TPSA) is 128 Å². The number of carbonyl (C=O) groups is 2. The number of hydrogen-bond acceptors (Lipinski definition) is 9. The van der Waals surface area contributed by atoms with Crippen LogP contribution in [0, 0.1) is 17.0 Å². The van der Waals surface area contributed by atoms with Gasteiger partial charge in [-0.2, -0.15) is 0 Å². The van der Waals surface area contributed by atoms with E-state index in [1.165, 1.54) is 12.3 Å². The smallest absolute Gasteiger partial charge is 0.320 e. The normalized spacial score (nSPS) is 19.4. The van der Waals surface area contributed by atoms with Gasteiger partial charge < -0.3 is 24.5 Å². The number of ether oxygens (including phenoxy) is 2. The van der Waals surface area contributed by atoms with E-state index in [4.69, 9.17) is 13.9 Å². The lowest BCUT2D eigenvalue weighted by atomic mass is 9.75. The molecule has 12 heteroatoms. The predicted octanol–water partition coefficient (Wildman–Crippen LogP) is 4.63. The van der Waals surface area contributed by atoms with Crippen LogP contribution in [0.25, 0.3) is 0 Å². The van der Waals surface area contributed by atoms with Crippen molar-refractivity contribution in [2.24, 2.45) is 5.41 Å². The van der Waals surface area contributed by atoms with Crippen LogP contribution in [0.4, 0.5) is 26.2 Å². The predicted molar refractivity (Wildman–Crippen MR) is 124 cm³/mol. The Morgan fingerprint density at radius 2 is 1.86 bits per heavy atom. The number of halogens is 2. The van der Waals surface area contributed by atoms with Crippen LogP contribution in [-0.4, -0.2) is 39.8 Å². The molecule has 2 heterocycles. The summed E-state index contributed by atoms with van der Waals surface area (Å²) in [4.78, 5) is 28.8. The van der Waals surface area contributed by atoms with Crippen molar-refractivity contribution in [3.05, 3.63) is 54.1 Å². The summed E-state index contributed by atoms with van der Waals surface area (Å²) in [5.74, 6) is -2.83. The van der Waals surface area contributed by atoms with Crippen molar-refractivity contribution in [2.75, 3.05) is 17.2 Å². The number of pyridine rings is 1. The van der Waals surface area contributed by atoms with Gasteiger partial charge in [0.2, 0.25) is 5.88 Å². The van der Waals surface area contributed by atoms with Crippen LogP contribution in [0.2, 0.25) is 0 Å². The van der Waals surface area contributed by atoms with Gasteiger partial charge >= 0.3 is 23.8 Å². The van der Waals surface area contributed by atoms with Crippen molar-refractivity contribution in [3.63, 3.8) is 0 Å². The summed E-state index contributed by atoms with van der Waals surface area (Å²) >= 11 is 0. The molecule has 1 saturated carbocycles. The van der Waals surface area contributed by atoms with Gasteiger partial charge in [0, 0.05) is 17.8 Å². The number of amides is 1. The number of nitrogens with zero attached hydrogens (tertiary/aromatic N) is 3. The summed E-state index contributed by atoms with van der Waals surface area (Å²) in [5.41, 5.74) is 0.0588. The van der Waals surface area contributed by atoms with Crippen LogP contribution in [0.5, 0.6) is 5.88 Å². The first-order valence-corrected chi connectivity index (χ1v) is 11.4. The zero-order chi connectivity index (χ0) is 25.7. The lowest BCUT2D eigenvalue weighted by molar-refractivity contribution is -0.157. The number of aromatic nitrogens is 3. The quantitative estimate of drug-likeness (QED) is 0.425. The fourth-order valence-electron chi connectivity index (χ4n) is 3.80. The van der Waals surface area contributed by atoms with Crippen LogP contribution >= 0.6 is 0 Å². The van der Waals surface area contributed by atoms with E-state index >= 15 is 0 Å². The minimum atomic E-state index is -1.05. The van der Waals surface area contributed by atoms with Crippen molar-refractivity contribution in [2.45, 2.75) is 45.6 Å². The van der Waals surface area contributed by atoms with Crippen LogP contribution in [0.1, 0.15) is 50.2 Å². The van der Waals surface area contributed by atoms with Gasteiger partial charge in [-0.1, -0.05) is 5.10 Å². The second-order valence-electron chi connectivity index (χ2n) is 8.60. The number of nitrogens with one attached hydrogen (secondary N) is 2. The molecule has 36 heavy (non-hydrogen) atoms. The Kier molecular flexibility index (Phi) is 7.41. The Morgan fingerprint density at radius 1 is 1.11 bits per heavy atom. The maximum absolute atomic E-state index is 13.3. The fourth-order valence-corrected chi connectivity index (χ4v) is 3.80. The maximum Gasteiger partial charge on any atom is 0.320 e. The Hall–Kier alpha value is -4.09. The van der Waals surface area contributed by atoms with E-state index in [0.29, 0.717) is 43.9 Å². The zero-order valence-corrected chi connectivity index (χ0v) is 19.7. The van der Waals surface area contributed by atoms with Crippen molar-refractivity contribution in [1.29, 1.82) is 0 Å². The van der Waals surface area contributed by atoms with Gasteiger partial charge in [0.05, 0.1) is 23.9 Å². The maximum atomic E-state index is 13.3. The Balaban J connectivity index is 1.28. The Morgan fingerprint density at radius 3 is 2.53 bits per heavy atom. The summed E-state index contributed by atoms with van der Waals surface area (Å²) in [6, 6.07) is 6.21. The molecule has 1 aliphatic carbocycles. The van der Waals surface area contributed by atoms with Gasteiger partial charge in [-0.3, -0.25) is 9.59 Å². The van der Waals surface area contributed by atoms with Crippen molar-refractivity contribution in [3.8, 4) is 5.88 Å². The molecule has 2 aromatic heterocycles. The van der Waals surface area contributed by atoms with Crippen LogP contribution in [0.15, 0.2) is 40.9 Å². The van der Waals surface area contributed by atoms with Crippen molar-refractivity contribution >= 4 is 29.3 Å². The fraction of sp³-hybridized carbons (Fsp3) is 0.375. The molecule has 0 unspecified atom stereocenters. The summed E-state index contributed by atoms with van der Waals surface area (Å²) in [5, 5.41) is 12.5. The number of esters is 1. The lowest BCUT2D eigenvalue weighted by Crippen LogP contribution is -2.37. The highest BCUT2D eigenvalue weighted by Crippen LogP contribution is 2.38. The molecule has 1 aliphatic rings. The number of hydrogen-bond donors (Lipinski definition) is 2. The molecule has 1 aromatic carbocycles. The molecule has 0 atom stereocenters. The molecule has 2 N–H and O–H groups in total. The third-order valence-electron chi connectivity index (χ3n) is 5.88. The molecule has 0 bridgehead atoms. The van der Waals surface area contributed by atoms with Crippen LogP contribution in [-0.2, 0) is 9.53 Å². The van der Waals surface area contributed by atoms with Crippen molar-refractivity contribution in [1.82, 2.24) is 15.2 Å². The average Bonchev–Trinajstić information content (AvgIpc) is 3.33. The van der Waals surface area contributed by atoms with E-state index in [1.54, 1.807) is 19.1 Å². The molecule has 0 spiro atoms. The highest BCUT2D eigenvalue weighted by atomic mass is 19.2. The monoisotopic (exact) mass is 501 g/mol. The largest absolute Gasteiger partial charge is 0.474 e. The van der Waals surface area contributed by atoms with Gasteiger partial charge in [0.15, 0.2) is 11.6 Å². The minimum absolute atomic E-state index is 0.0701. The summed E-state index contributed by atoms with van der Waals surface area (Å²) in [6.07, 6.45) is 4.10. The van der Waals surface area contributed by atoms with E-state index in [-0.39, 0.29) is 29.7 Å². The molecule has 1 fully saturated rings. The molecule has 190 valence electrons. The van der Waals surface area contributed by atoms with E-state index in [9.17, 15) is 18.4 Å². The highest BCUT2D eigenvalue weighted by molar-refractivity contribution is 6.00. The van der Waals surface area contributed by atoms with Gasteiger partial charge in [-0.25, -0.2) is 13.8 Å². The number of rotatable bonds is 8. The average molecular weight is 501 g/mol. The number of carbonyl (C=O) groups excluding carboxylic acids is 2. The van der Waals surface area contributed by atoms with Crippen LogP contribution in [0.3, 0.4) is 0 Å². The molecule has 3 aromatic rings. The second kappa shape index (κ2) is 10.7. The van der Waals surface area contributed by atoms with Crippen molar-refractivity contribution < 1.29 is 32.3 Å². The lowest BCUT2D eigenvalue weighted by Gasteiger charge is -2.34. The SMILES string of the molecule is CCOC(=O)[C@]1(C)CC[C@@H](Oc2ccc(NC(=O)c3nnc(Nc4ccc(F)c(F)c4)o3)cn2)CC1. The number of benzene rings is 1. The third kappa shape index (κ3) is 5.93. The molecule has 0 saturated heterocycles. The molecule has 0 radical (unpaired) electrons. The number of anilines is 3. The first-order valence-electron chi connectivity index (χ1n) is 11.4. The minimum Gasteiger partial charge on any atom is -0.474 e. The van der Waals surface area contributed by atoms with Gasteiger partial charge in [-0.05, 0) is 57.7 Å². The van der Waals surface area contributed by atoms with E-state index in [1.807, 2.05) is 6.92 Å². The first kappa shape index (κ1) is 25.0. The van der Waals surface area contributed by atoms with Gasteiger partial charge in [0.1, 0.15) is 6.10 Å². The second-order valence-corrected chi connectivity index (χ2v) is 8.60. The molecule has 10 nitrogen and oxygen atoms in total. The summed E-state index contributed by atoms with van der Waals surface area (Å²) < 4.78 is 42.7. The third-order valence-corrected chi connectivity index (χ3v) is 5.88. The standard InChI is InChI=1S/C24H25F2N5O5/c1-3-34-22(33)24(2)10-8-16(9-11-24)35-19-7-5-15(13-27-19)28-20(32)21-30-31-23(36-21)29-14-4-6-17(25)18(26)12-14/h4-7,12-13,16H,3,8-11H2,1-2H3,(H,28,32)(H,29,31)/t16-,24-. The van der Waals surface area contributed by atoms with Gasteiger partial charge in [0.25, 0.3) is 0 Å². The Labute approximate surface area is 205 Å². The first-order chi connectivity index (χ1) is 17.3. The highest BCUT2D eigenvalue weighted by Gasteiger charge is 2.39. The molecule has 0 aliphatic heterocycles. The Bertz CT molecular complexity index is 1230. The zero-order valence-electron chi connectivity index (χ0n) is 19.7. The summed E-state index contributed by atoms with van der Waals surface area (Å²) in [7, 11) is 0. The van der Waals surface area contributed by atoms with E-state index in [0.717, 1.165) is 12.1 Å². The molecular formula is C24H25F2N5O5.